The number of amides is 2. The molecule has 0 aliphatic heterocycles. The van der Waals surface area contributed by atoms with Gasteiger partial charge in [-0.25, -0.2) is 4.98 Å². The van der Waals surface area contributed by atoms with Gasteiger partial charge in [0.05, 0.1) is 0 Å². The molecule has 1 fully saturated rings. The minimum absolute atomic E-state index is 0.0465. The lowest BCUT2D eigenvalue weighted by Crippen LogP contribution is -2.33. The number of benzene rings is 1. The van der Waals surface area contributed by atoms with Gasteiger partial charge >= 0.3 is 0 Å². The number of carbonyl (C=O) groups excluding carboxylic acids is 2. The summed E-state index contributed by atoms with van der Waals surface area (Å²) in [6.45, 7) is 9.90. The molecule has 4 rings (SSSR count). The Balaban J connectivity index is 1.69. The zero-order valence-corrected chi connectivity index (χ0v) is 25.3. The van der Waals surface area contributed by atoms with Crippen molar-refractivity contribution in [2.75, 3.05) is 50.6 Å². The lowest BCUT2D eigenvalue weighted by atomic mass is 9.97. The molecule has 218 valence electrons. The van der Waals surface area contributed by atoms with Crippen molar-refractivity contribution >= 4 is 23.3 Å². The average molecular weight is 559 g/mol. The first-order valence-corrected chi connectivity index (χ1v) is 14.3. The van der Waals surface area contributed by atoms with E-state index in [9.17, 15) is 14.4 Å². The van der Waals surface area contributed by atoms with Crippen LogP contribution in [0.1, 0.15) is 52.5 Å². The molecule has 0 bridgehead atoms. The van der Waals surface area contributed by atoms with Gasteiger partial charge in [-0.05, 0) is 102 Å². The summed E-state index contributed by atoms with van der Waals surface area (Å²) in [5.74, 6) is 0.702. The van der Waals surface area contributed by atoms with Gasteiger partial charge in [-0.15, -0.1) is 0 Å². The van der Waals surface area contributed by atoms with Crippen LogP contribution in [-0.4, -0.2) is 67.5 Å². The van der Waals surface area contributed by atoms with Crippen molar-refractivity contribution in [2.45, 2.75) is 47.1 Å². The fourth-order valence-electron chi connectivity index (χ4n) is 4.99. The molecule has 41 heavy (non-hydrogen) atoms. The van der Waals surface area contributed by atoms with Crippen LogP contribution in [0, 0.1) is 26.7 Å². The number of aromatic amines is 1. The smallest absolute Gasteiger partial charge is 0.253 e. The molecular formula is C32H42N6O3. The number of hydrogen-bond acceptors (Lipinski definition) is 6. The molecule has 1 aliphatic carbocycles. The highest BCUT2D eigenvalue weighted by Gasteiger charge is 2.34. The van der Waals surface area contributed by atoms with Gasteiger partial charge in [0.15, 0.2) is 0 Å². The standard InChI is InChI=1S/C32H42N6O3/c1-8-38(32(41)23-9-10-23)28-17-25(24-11-12-29(33-18-24)37(7)14-13-36(5)6)16-26(22(28)4)30(39)34-19-27-20(2)15-21(3)35-31(27)40/h11-12,15-18,23H,8-10,13-14,19H2,1-7H3,(H,34,39)(H,35,40). The summed E-state index contributed by atoms with van der Waals surface area (Å²) in [6, 6.07) is 9.70. The summed E-state index contributed by atoms with van der Waals surface area (Å²) >= 11 is 0. The molecule has 0 saturated heterocycles. The van der Waals surface area contributed by atoms with E-state index in [0.29, 0.717) is 17.7 Å². The Morgan fingerprint density at radius 2 is 1.76 bits per heavy atom. The molecule has 3 aromatic rings. The topological polar surface area (TPSA) is 102 Å². The van der Waals surface area contributed by atoms with Gasteiger partial charge in [-0.3, -0.25) is 14.4 Å². The van der Waals surface area contributed by atoms with E-state index in [1.807, 2.05) is 85.4 Å². The van der Waals surface area contributed by atoms with E-state index < -0.39 is 0 Å². The van der Waals surface area contributed by atoms with Crippen LogP contribution in [0.5, 0.6) is 0 Å². The van der Waals surface area contributed by atoms with Crippen molar-refractivity contribution in [3.05, 3.63) is 74.8 Å². The van der Waals surface area contributed by atoms with Gasteiger partial charge in [0, 0.05) is 73.4 Å². The van der Waals surface area contributed by atoms with Crippen molar-refractivity contribution in [3.8, 4) is 11.1 Å². The van der Waals surface area contributed by atoms with E-state index in [2.05, 4.69) is 25.1 Å². The maximum atomic E-state index is 13.6. The van der Waals surface area contributed by atoms with E-state index in [0.717, 1.165) is 65.4 Å². The lowest BCUT2D eigenvalue weighted by Gasteiger charge is -2.25. The summed E-state index contributed by atoms with van der Waals surface area (Å²) in [4.78, 5) is 52.9. The monoisotopic (exact) mass is 558 g/mol. The molecule has 9 heteroatoms. The summed E-state index contributed by atoms with van der Waals surface area (Å²) in [5, 5.41) is 2.94. The third-order valence-corrected chi connectivity index (χ3v) is 7.70. The third kappa shape index (κ3) is 7.03. The highest BCUT2D eigenvalue weighted by atomic mass is 16.2. The molecule has 9 nitrogen and oxygen atoms in total. The van der Waals surface area contributed by atoms with Crippen molar-refractivity contribution in [3.63, 3.8) is 0 Å². The summed E-state index contributed by atoms with van der Waals surface area (Å²) in [7, 11) is 6.10. The molecule has 2 heterocycles. The van der Waals surface area contributed by atoms with Crippen LogP contribution in [-0.2, 0) is 11.3 Å². The molecule has 0 spiro atoms. The molecule has 0 radical (unpaired) electrons. The molecule has 1 saturated carbocycles. The first kappa shape index (κ1) is 30.0. The Hall–Kier alpha value is -3.98. The van der Waals surface area contributed by atoms with Crippen LogP contribution in [0.25, 0.3) is 11.1 Å². The number of hydrogen-bond donors (Lipinski definition) is 2. The quantitative estimate of drug-likeness (QED) is 0.368. The highest BCUT2D eigenvalue weighted by molar-refractivity contribution is 6.03. The van der Waals surface area contributed by atoms with E-state index in [1.54, 1.807) is 4.90 Å². The number of aryl methyl sites for hydroxylation is 2. The number of anilines is 2. The Kier molecular flexibility index (Phi) is 9.28. The normalized spacial score (nSPS) is 12.9. The first-order chi connectivity index (χ1) is 19.5. The predicted octanol–water partition coefficient (Wildman–Crippen LogP) is 4.05. The van der Waals surface area contributed by atoms with E-state index >= 15 is 0 Å². The van der Waals surface area contributed by atoms with Crippen LogP contribution in [0.15, 0.2) is 41.3 Å². The second-order valence-corrected chi connectivity index (χ2v) is 11.3. The van der Waals surface area contributed by atoms with E-state index in [-0.39, 0.29) is 29.8 Å². The van der Waals surface area contributed by atoms with Gasteiger partial charge in [0.2, 0.25) is 5.91 Å². The molecule has 1 aromatic carbocycles. The van der Waals surface area contributed by atoms with Crippen LogP contribution in [0.3, 0.4) is 0 Å². The second-order valence-electron chi connectivity index (χ2n) is 11.3. The maximum absolute atomic E-state index is 13.6. The van der Waals surface area contributed by atoms with Gasteiger partial charge in [0.25, 0.3) is 11.5 Å². The molecular weight excluding hydrogens is 516 g/mol. The van der Waals surface area contributed by atoms with Gasteiger partial charge in [-0.1, -0.05) is 0 Å². The van der Waals surface area contributed by atoms with E-state index in [1.165, 1.54) is 0 Å². The Labute approximate surface area is 242 Å². The van der Waals surface area contributed by atoms with Crippen molar-refractivity contribution in [2.24, 2.45) is 5.92 Å². The summed E-state index contributed by atoms with van der Waals surface area (Å²) in [5.41, 5.74) is 5.49. The number of carbonyl (C=O) groups is 2. The van der Waals surface area contributed by atoms with Crippen LogP contribution < -0.4 is 20.7 Å². The number of H-pyrrole nitrogens is 1. The fraction of sp³-hybridized carbons (Fsp3) is 0.438. The van der Waals surface area contributed by atoms with Gasteiger partial charge in [-0.2, -0.15) is 0 Å². The second kappa shape index (κ2) is 12.7. The molecule has 0 unspecified atom stereocenters. The maximum Gasteiger partial charge on any atom is 0.253 e. The number of nitrogens with one attached hydrogen (secondary N) is 2. The predicted molar refractivity (Wildman–Crippen MR) is 165 cm³/mol. The Bertz CT molecular complexity index is 1470. The highest BCUT2D eigenvalue weighted by Crippen LogP contribution is 2.36. The van der Waals surface area contributed by atoms with Gasteiger partial charge < -0.3 is 25.0 Å². The van der Waals surface area contributed by atoms with Crippen LogP contribution in [0.2, 0.25) is 0 Å². The number of nitrogens with zero attached hydrogens (tertiary/aromatic N) is 4. The number of pyridine rings is 2. The number of aromatic nitrogens is 2. The van der Waals surface area contributed by atoms with Crippen molar-refractivity contribution in [1.82, 2.24) is 20.2 Å². The molecule has 2 N–H and O–H groups in total. The van der Waals surface area contributed by atoms with Crippen LogP contribution >= 0.6 is 0 Å². The molecule has 2 aromatic heterocycles. The summed E-state index contributed by atoms with van der Waals surface area (Å²) in [6.07, 6.45) is 3.61. The average Bonchev–Trinajstić information content (AvgIpc) is 3.78. The minimum atomic E-state index is -0.298. The Morgan fingerprint density at radius 1 is 1.02 bits per heavy atom. The van der Waals surface area contributed by atoms with Crippen molar-refractivity contribution < 1.29 is 9.59 Å². The van der Waals surface area contributed by atoms with E-state index in [4.69, 9.17) is 0 Å². The first-order valence-electron chi connectivity index (χ1n) is 14.3. The largest absolute Gasteiger partial charge is 0.358 e. The van der Waals surface area contributed by atoms with Gasteiger partial charge in [0.1, 0.15) is 5.82 Å². The number of likely N-dealkylation sites (N-methyl/N-ethyl adjacent to an activating group) is 2. The zero-order chi connectivity index (χ0) is 29.8. The lowest BCUT2D eigenvalue weighted by molar-refractivity contribution is -0.119. The summed E-state index contributed by atoms with van der Waals surface area (Å²) < 4.78 is 0. The third-order valence-electron chi connectivity index (χ3n) is 7.70. The number of rotatable bonds is 11. The zero-order valence-electron chi connectivity index (χ0n) is 25.3. The van der Waals surface area contributed by atoms with Crippen molar-refractivity contribution in [1.29, 1.82) is 0 Å². The molecule has 2 amide bonds. The molecule has 1 aliphatic rings. The Morgan fingerprint density at radius 3 is 2.34 bits per heavy atom. The fourth-order valence-corrected chi connectivity index (χ4v) is 4.99. The van der Waals surface area contributed by atoms with Crippen LogP contribution in [0.4, 0.5) is 11.5 Å². The SMILES string of the molecule is CCN(C(=O)C1CC1)c1cc(-c2ccc(N(C)CCN(C)C)nc2)cc(C(=O)NCc2c(C)cc(C)[nH]c2=O)c1C. The minimum Gasteiger partial charge on any atom is -0.358 e. The molecule has 0 atom stereocenters.